The van der Waals surface area contributed by atoms with Gasteiger partial charge >= 0.3 is 6.03 Å². The van der Waals surface area contributed by atoms with Gasteiger partial charge in [-0.3, -0.25) is 19.8 Å². The van der Waals surface area contributed by atoms with E-state index in [1.807, 2.05) is 0 Å². The number of benzene rings is 1. The van der Waals surface area contributed by atoms with Crippen molar-refractivity contribution in [2.75, 3.05) is 6.61 Å². The van der Waals surface area contributed by atoms with Crippen LogP contribution in [0.15, 0.2) is 29.8 Å². The molecular weight excluding hydrogens is 340 g/mol. The van der Waals surface area contributed by atoms with Crippen LogP contribution in [0.3, 0.4) is 0 Å². The lowest BCUT2D eigenvalue weighted by Gasteiger charge is -2.31. The first-order chi connectivity index (χ1) is 12.5. The van der Waals surface area contributed by atoms with Crippen LogP contribution in [-0.4, -0.2) is 41.4 Å². The number of nitrogens with zero attached hydrogens (tertiary/aromatic N) is 1. The normalized spacial score (nSPS) is 19.8. The Labute approximate surface area is 149 Å². The summed E-state index contributed by atoms with van der Waals surface area (Å²) >= 11 is 0. The standard InChI is InChI=1S/C18H18N2O6/c21-15(22)10-26-14-8-4-1-5-11(14)9-13-16(23)19-18(25)20(17(13)24)12-6-2-3-7-12/h1,4-5,8-9,12H,2-3,6-7,10H2,(H,21,22)(H,19,23,25)/p-1/b13-9+. The fraction of sp³-hybridized carbons (Fsp3) is 0.333. The van der Waals surface area contributed by atoms with E-state index in [1.165, 1.54) is 12.1 Å². The fourth-order valence-electron chi connectivity index (χ4n) is 3.19. The van der Waals surface area contributed by atoms with E-state index in [-0.39, 0.29) is 17.4 Å². The van der Waals surface area contributed by atoms with Gasteiger partial charge < -0.3 is 14.6 Å². The van der Waals surface area contributed by atoms with Crippen molar-refractivity contribution in [1.82, 2.24) is 10.2 Å². The van der Waals surface area contributed by atoms with Crippen molar-refractivity contribution in [1.29, 1.82) is 0 Å². The molecule has 136 valence electrons. The molecular formula is C18H17N2O6-. The van der Waals surface area contributed by atoms with E-state index in [1.54, 1.807) is 18.2 Å². The first-order valence-electron chi connectivity index (χ1n) is 8.29. The number of aliphatic carboxylic acids is 1. The summed E-state index contributed by atoms with van der Waals surface area (Å²) in [7, 11) is 0. The number of imide groups is 2. The van der Waals surface area contributed by atoms with Gasteiger partial charge in [0.1, 0.15) is 17.9 Å². The summed E-state index contributed by atoms with van der Waals surface area (Å²) in [5.74, 6) is -2.64. The highest BCUT2D eigenvalue weighted by Gasteiger charge is 2.40. The summed E-state index contributed by atoms with van der Waals surface area (Å²) in [6.45, 7) is -0.660. The zero-order valence-corrected chi connectivity index (χ0v) is 13.9. The summed E-state index contributed by atoms with van der Waals surface area (Å²) in [6, 6.07) is 5.45. The Balaban J connectivity index is 1.91. The molecule has 4 amide bonds. The number of carboxylic acid groups (broad SMARTS) is 1. The van der Waals surface area contributed by atoms with Gasteiger partial charge in [0.05, 0.1) is 5.97 Å². The van der Waals surface area contributed by atoms with Crippen molar-refractivity contribution in [3.8, 4) is 5.75 Å². The molecule has 2 aliphatic rings. The van der Waals surface area contributed by atoms with Gasteiger partial charge in [0.2, 0.25) is 0 Å². The summed E-state index contributed by atoms with van der Waals surface area (Å²) in [4.78, 5) is 48.7. The van der Waals surface area contributed by atoms with Crippen molar-refractivity contribution < 1.29 is 29.0 Å². The second-order valence-electron chi connectivity index (χ2n) is 6.13. The fourth-order valence-corrected chi connectivity index (χ4v) is 3.19. The number of amides is 4. The number of urea groups is 1. The van der Waals surface area contributed by atoms with Crippen LogP contribution >= 0.6 is 0 Å². The van der Waals surface area contributed by atoms with Crippen LogP contribution in [0.4, 0.5) is 4.79 Å². The van der Waals surface area contributed by atoms with Gasteiger partial charge in [0, 0.05) is 11.6 Å². The van der Waals surface area contributed by atoms with Gasteiger partial charge in [-0.05, 0) is 25.0 Å². The van der Waals surface area contributed by atoms with E-state index in [2.05, 4.69) is 5.32 Å². The van der Waals surface area contributed by atoms with Gasteiger partial charge in [-0.15, -0.1) is 0 Å². The molecule has 8 heteroatoms. The molecule has 1 heterocycles. The summed E-state index contributed by atoms with van der Waals surface area (Å²) in [5.41, 5.74) is 0.161. The molecule has 2 fully saturated rings. The largest absolute Gasteiger partial charge is 0.546 e. The Bertz CT molecular complexity index is 795. The molecule has 26 heavy (non-hydrogen) atoms. The second kappa shape index (κ2) is 7.38. The molecule has 0 spiro atoms. The third-order valence-electron chi connectivity index (χ3n) is 4.39. The monoisotopic (exact) mass is 357 g/mol. The molecule has 3 rings (SSSR count). The lowest BCUT2D eigenvalue weighted by molar-refractivity contribution is -0.307. The Morgan fingerprint density at radius 2 is 1.92 bits per heavy atom. The number of carbonyl (C=O) groups is 4. The van der Waals surface area contributed by atoms with Gasteiger partial charge in [-0.2, -0.15) is 0 Å². The molecule has 0 aromatic heterocycles. The van der Waals surface area contributed by atoms with Gasteiger partial charge in [-0.25, -0.2) is 4.79 Å². The lowest BCUT2D eigenvalue weighted by atomic mass is 10.0. The number of rotatable bonds is 5. The summed E-state index contributed by atoms with van der Waals surface area (Å²) in [5, 5.41) is 12.8. The quantitative estimate of drug-likeness (QED) is 0.595. The topological polar surface area (TPSA) is 116 Å². The van der Waals surface area contributed by atoms with Crippen molar-refractivity contribution in [2.45, 2.75) is 31.7 Å². The molecule has 0 unspecified atom stereocenters. The number of nitrogens with one attached hydrogen (secondary N) is 1. The predicted octanol–water partition coefficient (Wildman–Crippen LogP) is 0.220. The average molecular weight is 357 g/mol. The van der Waals surface area contributed by atoms with Crippen LogP contribution < -0.4 is 15.2 Å². The number of ether oxygens (including phenoxy) is 1. The maximum atomic E-state index is 12.7. The Morgan fingerprint density at radius 3 is 2.62 bits per heavy atom. The molecule has 1 saturated carbocycles. The number of barbiturate groups is 1. The number of para-hydroxylation sites is 1. The van der Waals surface area contributed by atoms with Crippen LogP contribution in [-0.2, 0) is 14.4 Å². The summed E-state index contributed by atoms with van der Waals surface area (Å²) in [6.07, 6.45) is 4.58. The van der Waals surface area contributed by atoms with E-state index in [0.717, 1.165) is 17.7 Å². The third kappa shape index (κ3) is 3.58. The zero-order valence-electron chi connectivity index (χ0n) is 13.9. The number of carbonyl (C=O) groups excluding carboxylic acids is 4. The highest BCUT2D eigenvalue weighted by Crippen LogP contribution is 2.28. The van der Waals surface area contributed by atoms with Crippen LogP contribution in [0.5, 0.6) is 5.75 Å². The van der Waals surface area contributed by atoms with E-state index in [9.17, 15) is 24.3 Å². The first-order valence-corrected chi connectivity index (χ1v) is 8.29. The minimum atomic E-state index is -1.39. The summed E-state index contributed by atoms with van der Waals surface area (Å²) < 4.78 is 5.13. The van der Waals surface area contributed by atoms with Crippen LogP contribution in [0.2, 0.25) is 0 Å². The Hall–Kier alpha value is -3.16. The SMILES string of the molecule is O=C([O-])COc1ccccc1/C=C1\C(=O)NC(=O)N(C2CCCC2)C1=O. The molecule has 1 saturated heterocycles. The highest BCUT2D eigenvalue weighted by molar-refractivity contribution is 6.31. The minimum Gasteiger partial charge on any atom is -0.546 e. The van der Waals surface area contributed by atoms with E-state index in [0.29, 0.717) is 18.4 Å². The lowest BCUT2D eigenvalue weighted by Crippen LogP contribution is -2.57. The number of hydrogen-bond acceptors (Lipinski definition) is 6. The minimum absolute atomic E-state index is 0.189. The molecule has 0 atom stereocenters. The average Bonchev–Trinajstić information content (AvgIpc) is 3.11. The molecule has 1 aliphatic carbocycles. The van der Waals surface area contributed by atoms with Crippen molar-refractivity contribution in [3.05, 3.63) is 35.4 Å². The Kier molecular flexibility index (Phi) is 5.01. The van der Waals surface area contributed by atoms with Crippen molar-refractivity contribution >= 4 is 29.9 Å². The van der Waals surface area contributed by atoms with Crippen molar-refractivity contribution in [2.24, 2.45) is 0 Å². The second-order valence-corrected chi connectivity index (χ2v) is 6.13. The molecule has 1 aliphatic heterocycles. The third-order valence-corrected chi connectivity index (χ3v) is 4.39. The molecule has 8 nitrogen and oxygen atoms in total. The smallest absolute Gasteiger partial charge is 0.331 e. The molecule has 1 aromatic carbocycles. The van der Waals surface area contributed by atoms with E-state index < -0.39 is 30.4 Å². The molecule has 0 bridgehead atoms. The van der Waals surface area contributed by atoms with Crippen LogP contribution in [0.25, 0.3) is 6.08 Å². The predicted molar refractivity (Wildman–Crippen MR) is 87.6 cm³/mol. The van der Waals surface area contributed by atoms with Gasteiger partial charge in [0.15, 0.2) is 0 Å². The molecule has 0 radical (unpaired) electrons. The van der Waals surface area contributed by atoms with E-state index >= 15 is 0 Å². The van der Waals surface area contributed by atoms with Gasteiger partial charge in [0.25, 0.3) is 11.8 Å². The maximum absolute atomic E-state index is 12.7. The number of hydrogen-bond donors (Lipinski definition) is 1. The number of carboxylic acids is 1. The van der Waals surface area contributed by atoms with Gasteiger partial charge in [-0.1, -0.05) is 31.0 Å². The highest BCUT2D eigenvalue weighted by atomic mass is 16.5. The Morgan fingerprint density at radius 1 is 1.23 bits per heavy atom. The first kappa shape index (κ1) is 17.7. The van der Waals surface area contributed by atoms with E-state index in [4.69, 9.17) is 4.74 Å². The maximum Gasteiger partial charge on any atom is 0.331 e. The zero-order chi connectivity index (χ0) is 18.7. The van der Waals surface area contributed by atoms with Crippen LogP contribution in [0.1, 0.15) is 31.2 Å². The molecule has 1 aromatic rings. The van der Waals surface area contributed by atoms with Crippen molar-refractivity contribution in [3.63, 3.8) is 0 Å². The molecule has 1 N–H and O–H groups in total. The van der Waals surface area contributed by atoms with Crippen LogP contribution in [0, 0.1) is 0 Å².